The van der Waals surface area contributed by atoms with Crippen LogP contribution in [0.2, 0.25) is 0 Å². The molecule has 0 amide bonds. The molecule has 0 bridgehead atoms. The topological polar surface area (TPSA) is 26.3 Å². The minimum absolute atomic E-state index is 0.0828. The lowest BCUT2D eigenvalue weighted by Crippen LogP contribution is -1.99. The van der Waals surface area contributed by atoms with Crippen molar-refractivity contribution in [3.63, 3.8) is 0 Å². The second kappa shape index (κ2) is 17.7. The van der Waals surface area contributed by atoms with Gasteiger partial charge in [-0.05, 0) is 38.5 Å². The summed E-state index contributed by atoms with van der Waals surface area (Å²) in [6.45, 7) is 2.16. The van der Waals surface area contributed by atoms with Crippen molar-refractivity contribution in [3.8, 4) is 0 Å². The van der Waals surface area contributed by atoms with Crippen LogP contribution in [0.25, 0.3) is 0 Å². The monoisotopic (exact) mass is 306 g/mol. The van der Waals surface area contributed by atoms with Gasteiger partial charge in [-0.3, -0.25) is 4.79 Å². The third-order valence-corrected chi connectivity index (χ3v) is 3.51. The number of allylic oxidation sites excluding steroid dienone is 6. The molecule has 0 N–H and O–H groups in total. The summed E-state index contributed by atoms with van der Waals surface area (Å²) in [6.07, 6.45) is 25.6. The van der Waals surface area contributed by atoms with E-state index < -0.39 is 0 Å². The number of hydrogen-bond acceptors (Lipinski definition) is 2. The lowest BCUT2D eigenvalue weighted by atomic mass is 10.1. The number of methoxy groups -OCH3 is 1. The van der Waals surface area contributed by atoms with Gasteiger partial charge in [0.2, 0.25) is 0 Å². The third kappa shape index (κ3) is 16.7. The van der Waals surface area contributed by atoms with Gasteiger partial charge >= 0.3 is 5.97 Å². The highest BCUT2D eigenvalue weighted by molar-refractivity contribution is 5.68. The molecule has 0 spiro atoms. The minimum Gasteiger partial charge on any atom is -0.469 e. The second-order valence-corrected chi connectivity index (χ2v) is 5.53. The maximum Gasteiger partial charge on any atom is 0.305 e. The van der Waals surface area contributed by atoms with E-state index in [2.05, 4.69) is 48.1 Å². The Morgan fingerprint density at radius 1 is 0.773 bits per heavy atom. The van der Waals surface area contributed by atoms with E-state index in [4.69, 9.17) is 0 Å². The van der Waals surface area contributed by atoms with Crippen molar-refractivity contribution >= 4 is 5.97 Å². The van der Waals surface area contributed by atoms with Gasteiger partial charge in [0.15, 0.2) is 0 Å². The van der Waals surface area contributed by atoms with Crippen LogP contribution in [0.1, 0.15) is 77.6 Å². The molecule has 0 saturated carbocycles. The van der Waals surface area contributed by atoms with E-state index in [0.29, 0.717) is 6.42 Å². The molecule has 0 saturated heterocycles. The Morgan fingerprint density at radius 2 is 1.32 bits per heavy atom. The van der Waals surface area contributed by atoms with Gasteiger partial charge in [-0.1, -0.05) is 69.1 Å². The van der Waals surface area contributed by atoms with Gasteiger partial charge in [0.05, 0.1) is 7.11 Å². The Kier molecular flexibility index (Phi) is 16.7. The molecule has 0 aliphatic heterocycles. The largest absolute Gasteiger partial charge is 0.469 e. The molecule has 22 heavy (non-hydrogen) atoms. The van der Waals surface area contributed by atoms with E-state index in [9.17, 15) is 4.79 Å². The molecule has 0 unspecified atom stereocenters. The van der Waals surface area contributed by atoms with Crippen molar-refractivity contribution in [1.29, 1.82) is 0 Å². The fraction of sp³-hybridized carbons (Fsp3) is 0.650. The Hall–Kier alpha value is -1.31. The zero-order valence-electron chi connectivity index (χ0n) is 14.6. The highest BCUT2D eigenvalue weighted by Crippen LogP contribution is 2.09. The van der Waals surface area contributed by atoms with E-state index in [1.165, 1.54) is 39.2 Å². The molecule has 0 aromatic carbocycles. The number of carbonyl (C=O) groups is 1. The van der Waals surface area contributed by atoms with E-state index in [1.54, 1.807) is 0 Å². The van der Waals surface area contributed by atoms with Gasteiger partial charge in [-0.2, -0.15) is 0 Å². The molecule has 2 heteroatoms. The number of carbonyl (C=O) groups excluding carboxylic acids is 1. The molecule has 0 fully saturated rings. The number of rotatable bonds is 14. The summed E-state index contributed by atoms with van der Waals surface area (Å²) in [5.41, 5.74) is 0. The first-order valence-corrected chi connectivity index (χ1v) is 8.83. The zero-order valence-corrected chi connectivity index (χ0v) is 14.6. The highest BCUT2D eigenvalue weighted by atomic mass is 16.5. The molecule has 0 radical (unpaired) electrons. The Balaban J connectivity index is 3.23. The van der Waals surface area contributed by atoms with Crippen molar-refractivity contribution < 1.29 is 9.53 Å². The molecule has 0 aromatic heterocycles. The van der Waals surface area contributed by atoms with Crippen LogP contribution >= 0.6 is 0 Å². The molecule has 0 rings (SSSR count). The van der Waals surface area contributed by atoms with E-state index >= 15 is 0 Å². The van der Waals surface area contributed by atoms with Crippen LogP contribution in [0.5, 0.6) is 0 Å². The molecule has 0 aliphatic carbocycles. The van der Waals surface area contributed by atoms with Crippen molar-refractivity contribution in [2.75, 3.05) is 7.11 Å². The van der Waals surface area contributed by atoms with E-state index in [1.807, 2.05) is 0 Å². The van der Waals surface area contributed by atoms with Gasteiger partial charge in [-0.25, -0.2) is 0 Å². The van der Waals surface area contributed by atoms with Crippen molar-refractivity contribution in [1.82, 2.24) is 0 Å². The number of ether oxygens (including phenoxy) is 1. The quantitative estimate of drug-likeness (QED) is 0.219. The van der Waals surface area contributed by atoms with Crippen molar-refractivity contribution in [2.45, 2.75) is 77.6 Å². The third-order valence-electron chi connectivity index (χ3n) is 3.51. The smallest absolute Gasteiger partial charge is 0.305 e. The maximum atomic E-state index is 10.9. The number of unbranched alkanes of at least 4 members (excludes halogenated alkanes) is 6. The predicted octanol–water partition coefficient (Wildman–Crippen LogP) is 6.14. The summed E-state index contributed by atoms with van der Waals surface area (Å²) in [5.74, 6) is -0.0828. The summed E-state index contributed by atoms with van der Waals surface area (Å²) in [6, 6.07) is 0. The standard InChI is InChI=1S/C20H34O2/c1-3-4-5-6-7-8-9-10-11-12-13-14-15-16-17-18-19-20(21)22-2/h4-5,7-8,10-11H,3,6,9,12-19H2,1-2H3/b5-4-,8-7-,11-10-. The fourth-order valence-electron chi connectivity index (χ4n) is 2.17. The normalized spacial score (nSPS) is 11.9. The van der Waals surface area contributed by atoms with Crippen molar-refractivity contribution in [3.05, 3.63) is 36.5 Å². The Bertz CT molecular complexity index is 327. The molecule has 0 aliphatic rings. The Labute approximate surface area is 137 Å². The van der Waals surface area contributed by atoms with E-state index in [0.717, 1.165) is 32.1 Å². The molecule has 2 nitrogen and oxygen atoms in total. The van der Waals surface area contributed by atoms with Crippen LogP contribution in [0.4, 0.5) is 0 Å². The van der Waals surface area contributed by atoms with Gasteiger partial charge in [0.25, 0.3) is 0 Å². The highest BCUT2D eigenvalue weighted by Gasteiger charge is 1.98. The summed E-state index contributed by atoms with van der Waals surface area (Å²) in [4.78, 5) is 10.9. The molecule has 126 valence electrons. The van der Waals surface area contributed by atoms with Crippen LogP contribution in [-0.2, 0) is 9.53 Å². The first-order chi connectivity index (χ1) is 10.8. The second-order valence-electron chi connectivity index (χ2n) is 5.53. The molecular weight excluding hydrogens is 272 g/mol. The van der Waals surface area contributed by atoms with Crippen LogP contribution in [0.3, 0.4) is 0 Å². The predicted molar refractivity (Wildman–Crippen MR) is 95.9 cm³/mol. The van der Waals surface area contributed by atoms with Crippen LogP contribution < -0.4 is 0 Å². The molecule has 0 heterocycles. The average molecular weight is 306 g/mol. The zero-order chi connectivity index (χ0) is 16.3. The number of esters is 1. The van der Waals surface area contributed by atoms with Crippen molar-refractivity contribution in [2.24, 2.45) is 0 Å². The molecular formula is C20H34O2. The fourth-order valence-corrected chi connectivity index (χ4v) is 2.17. The maximum absolute atomic E-state index is 10.9. The van der Waals surface area contributed by atoms with Gasteiger partial charge in [-0.15, -0.1) is 0 Å². The average Bonchev–Trinajstić information content (AvgIpc) is 2.54. The summed E-state index contributed by atoms with van der Waals surface area (Å²) < 4.78 is 4.62. The minimum atomic E-state index is -0.0828. The lowest BCUT2D eigenvalue weighted by Gasteiger charge is -2.00. The molecule has 0 aromatic rings. The van der Waals surface area contributed by atoms with Gasteiger partial charge in [0, 0.05) is 6.42 Å². The van der Waals surface area contributed by atoms with Crippen LogP contribution in [0, 0.1) is 0 Å². The number of hydrogen-bond donors (Lipinski definition) is 0. The Morgan fingerprint density at radius 3 is 1.95 bits per heavy atom. The summed E-state index contributed by atoms with van der Waals surface area (Å²) in [7, 11) is 1.45. The van der Waals surface area contributed by atoms with Gasteiger partial charge in [0.1, 0.15) is 0 Å². The first-order valence-electron chi connectivity index (χ1n) is 8.83. The van der Waals surface area contributed by atoms with Gasteiger partial charge < -0.3 is 4.74 Å². The molecule has 0 atom stereocenters. The lowest BCUT2D eigenvalue weighted by molar-refractivity contribution is -0.140. The summed E-state index contributed by atoms with van der Waals surface area (Å²) >= 11 is 0. The first kappa shape index (κ1) is 20.7. The van der Waals surface area contributed by atoms with E-state index in [-0.39, 0.29) is 5.97 Å². The van der Waals surface area contributed by atoms with Crippen LogP contribution in [-0.4, -0.2) is 13.1 Å². The SMILES string of the molecule is CC/C=C\C/C=C\C/C=C\CCCCCCCCC(=O)OC. The summed E-state index contributed by atoms with van der Waals surface area (Å²) in [5, 5.41) is 0. The van der Waals surface area contributed by atoms with Crippen LogP contribution in [0.15, 0.2) is 36.5 Å².